The fourth-order valence-corrected chi connectivity index (χ4v) is 1.47. The number of aromatic nitrogens is 3. The molecule has 82 valence electrons. The molecular formula is C10H8ClN3O2. The Balaban J connectivity index is 2.49. The summed E-state index contributed by atoms with van der Waals surface area (Å²) in [7, 11) is 0. The van der Waals surface area contributed by atoms with Crippen LogP contribution in [0.25, 0.3) is 5.82 Å². The van der Waals surface area contributed by atoms with Crippen LogP contribution in [-0.2, 0) is 0 Å². The number of pyridine rings is 1. The monoisotopic (exact) mass is 237 g/mol. The summed E-state index contributed by atoms with van der Waals surface area (Å²) in [6.07, 6.45) is 1.41. The van der Waals surface area contributed by atoms with Crippen molar-refractivity contribution in [3.8, 4) is 5.82 Å². The van der Waals surface area contributed by atoms with Crippen molar-refractivity contribution in [2.45, 2.75) is 6.92 Å². The molecular weight excluding hydrogens is 230 g/mol. The van der Waals surface area contributed by atoms with Crippen molar-refractivity contribution < 1.29 is 9.90 Å². The molecule has 2 aromatic heterocycles. The summed E-state index contributed by atoms with van der Waals surface area (Å²) < 4.78 is 1.39. The van der Waals surface area contributed by atoms with Gasteiger partial charge in [0, 0.05) is 6.20 Å². The Labute approximate surface area is 96.3 Å². The number of hydrogen-bond acceptors (Lipinski definition) is 3. The molecule has 0 unspecified atom stereocenters. The van der Waals surface area contributed by atoms with Crippen LogP contribution in [0.3, 0.4) is 0 Å². The Morgan fingerprint density at radius 3 is 2.81 bits per heavy atom. The van der Waals surface area contributed by atoms with Gasteiger partial charge in [-0.25, -0.2) is 14.5 Å². The average Bonchev–Trinajstić information content (AvgIpc) is 2.60. The Bertz CT molecular complexity index is 551. The van der Waals surface area contributed by atoms with Gasteiger partial charge in [0.25, 0.3) is 0 Å². The highest BCUT2D eigenvalue weighted by Gasteiger charge is 2.12. The molecule has 0 aromatic carbocycles. The standard InChI is InChI=1S/C10H8ClN3O2/c1-6-7(10(15)16)5-14(13-6)9-4-2-3-8(11)12-9/h2-5H,1H3,(H,15,16). The number of halogens is 1. The molecule has 0 amide bonds. The van der Waals surface area contributed by atoms with Crippen LogP contribution in [0.1, 0.15) is 16.1 Å². The van der Waals surface area contributed by atoms with E-state index in [4.69, 9.17) is 16.7 Å². The van der Waals surface area contributed by atoms with Gasteiger partial charge in [-0.15, -0.1) is 0 Å². The minimum Gasteiger partial charge on any atom is -0.478 e. The summed E-state index contributed by atoms with van der Waals surface area (Å²) in [6, 6.07) is 5.06. The van der Waals surface area contributed by atoms with Crippen molar-refractivity contribution in [2.75, 3.05) is 0 Å². The quantitative estimate of drug-likeness (QED) is 0.811. The highest BCUT2D eigenvalue weighted by atomic mass is 35.5. The minimum atomic E-state index is -1.01. The zero-order valence-corrected chi connectivity index (χ0v) is 9.14. The zero-order chi connectivity index (χ0) is 11.7. The van der Waals surface area contributed by atoms with Crippen molar-refractivity contribution in [2.24, 2.45) is 0 Å². The van der Waals surface area contributed by atoms with Gasteiger partial charge < -0.3 is 5.11 Å². The molecule has 0 saturated carbocycles. The van der Waals surface area contributed by atoms with E-state index in [0.717, 1.165) is 0 Å². The number of hydrogen-bond donors (Lipinski definition) is 1. The molecule has 5 nitrogen and oxygen atoms in total. The van der Waals surface area contributed by atoms with Gasteiger partial charge in [0.05, 0.1) is 5.69 Å². The highest BCUT2D eigenvalue weighted by molar-refractivity contribution is 6.29. The number of nitrogens with zero attached hydrogens (tertiary/aromatic N) is 3. The van der Waals surface area contributed by atoms with Crippen LogP contribution >= 0.6 is 11.6 Å². The summed E-state index contributed by atoms with van der Waals surface area (Å²) in [5.41, 5.74) is 0.594. The van der Waals surface area contributed by atoms with Crippen LogP contribution in [-0.4, -0.2) is 25.8 Å². The predicted molar refractivity (Wildman–Crippen MR) is 58.1 cm³/mol. The molecule has 2 aromatic rings. The molecule has 16 heavy (non-hydrogen) atoms. The maximum absolute atomic E-state index is 10.8. The third kappa shape index (κ3) is 1.90. The first-order valence-electron chi connectivity index (χ1n) is 4.50. The summed E-state index contributed by atoms with van der Waals surface area (Å²) in [5, 5.41) is 13.3. The van der Waals surface area contributed by atoms with Gasteiger partial charge in [-0.3, -0.25) is 0 Å². The second-order valence-corrected chi connectivity index (χ2v) is 3.58. The van der Waals surface area contributed by atoms with E-state index in [2.05, 4.69) is 10.1 Å². The molecule has 0 aliphatic rings. The van der Waals surface area contributed by atoms with Gasteiger partial charge in [0.2, 0.25) is 0 Å². The number of aryl methyl sites for hydroxylation is 1. The van der Waals surface area contributed by atoms with Crippen LogP contribution in [0.5, 0.6) is 0 Å². The first-order valence-corrected chi connectivity index (χ1v) is 4.88. The maximum Gasteiger partial charge on any atom is 0.339 e. The lowest BCUT2D eigenvalue weighted by molar-refractivity contribution is 0.0696. The normalized spacial score (nSPS) is 10.4. The molecule has 0 aliphatic carbocycles. The lowest BCUT2D eigenvalue weighted by Gasteiger charge is -1.99. The minimum absolute atomic E-state index is 0.154. The second kappa shape index (κ2) is 3.94. The Morgan fingerprint density at radius 2 is 2.25 bits per heavy atom. The summed E-state index contributed by atoms with van der Waals surface area (Å²) in [4.78, 5) is 14.9. The molecule has 0 fully saturated rings. The Kier molecular flexibility index (Phi) is 2.62. The number of carbonyl (C=O) groups is 1. The van der Waals surface area contributed by atoms with E-state index < -0.39 is 5.97 Å². The lowest BCUT2D eigenvalue weighted by atomic mass is 10.3. The number of aromatic carboxylic acids is 1. The molecule has 6 heteroatoms. The highest BCUT2D eigenvalue weighted by Crippen LogP contribution is 2.12. The summed E-state index contributed by atoms with van der Waals surface area (Å²) in [6.45, 7) is 1.63. The fourth-order valence-electron chi connectivity index (χ4n) is 1.31. The van der Waals surface area contributed by atoms with Crippen molar-refractivity contribution in [3.05, 3.63) is 40.8 Å². The van der Waals surface area contributed by atoms with Crippen molar-refractivity contribution in [1.29, 1.82) is 0 Å². The Hall–Kier alpha value is -1.88. The van der Waals surface area contributed by atoms with Crippen LogP contribution in [0.2, 0.25) is 5.15 Å². The number of rotatable bonds is 2. The van der Waals surface area contributed by atoms with Gasteiger partial charge in [-0.05, 0) is 19.1 Å². The van der Waals surface area contributed by atoms with E-state index in [1.807, 2.05) is 0 Å². The zero-order valence-electron chi connectivity index (χ0n) is 8.38. The van der Waals surface area contributed by atoms with Gasteiger partial charge in [-0.2, -0.15) is 5.10 Å². The van der Waals surface area contributed by atoms with Crippen LogP contribution in [0.4, 0.5) is 0 Å². The van der Waals surface area contributed by atoms with E-state index in [1.165, 1.54) is 10.9 Å². The van der Waals surface area contributed by atoms with Gasteiger partial charge in [0.1, 0.15) is 10.7 Å². The van der Waals surface area contributed by atoms with Crippen molar-refractivity contribution in [1.82, 2.24) is 14.8 Å². The lowest BCUT2D eigenvalue weighted by Crippen LogP contribution is -1.98. The molecule has 0 saturated heterocycles. The van der Waals surface area contributed by atoms with Crippen molar-refractivity contribution >= 4 is 17.6 Å². The molecule has 2 heterocycles. The van der Waals surface area contributed by atoms with E-state index in [0.29, 0.717) is 16.7 Å². The first-order chi connectivity index (χ1) is 7.58. The maximum atomic E-state index is 10.8. The number of carboxylic acid groups (broad SMARTS) is 1. The molecule has 2 rings (SSSR count). The number of carboxylic acids is 1. The molecule has 0 aliphatic heterocycles. The predicted octanol–water partition coefficient (Wildman–Crippen LogP) is 1.93. The van der Waals surface area contributed by atoms with Crippen molar-refractivity contribution in [3.63, 3.8) is 0 Å². The Morgan fingerprint density at radius 1 is 1.50 bits per heavy atom. The van der Waals surface area contributed by atoms with E-state index in [1.54, 1.807) is 25.1 Å². The fraction of sp³-hybridized carbons (Fsp3) is 0.100. The SMILES string of the molecule is Cc1nn(-c2cccc(Cl)n2)cc1C(=O)O. The topological polar surface area (TPSA) is 68.0 Å². The average molecular weight is 238 g/mol. The molecule has 1 N–H and O–H groups in total. The summed E-state index contributed by atoms with van der Waals surface area (Å²) in [5.74, 6) is -0.520. The largest absolute Gasteiger partial charge is 0.478 e. The van der Waals surface area contributed by atoms with Crippen LogP contribution < -0.4 is 0 Å². The van der Waals surface area contributed by atoms with Gasteiger partial charge >= 0.3 is 5.97 Å². The summed E-state index contributed by atoms with van der Waals surface area (Å²) >= 11 is 5.74. The molecule has 0 spiro atoms. The molecule has 0 atom stereocenters. The van der Waals surface area contributed by atoms with E-state index in [-0.39, 0.29) is 5.56 Å². The van der Waals surface area contributed by atoms with E-state index in [9.17, 15) is 4.79 Å². The molecule has 0 bridgehead atoms. The van der Waals surface area contributed by atoms with Gasteiger partial charge in [0.15, 0.2) is 5.82 Å². The molecule has 0 radical (unpaired) electrons. The van der Waals surface area contributed by atoms with Gasteiger partial charge in [-0.1, -0.05) is 17.7 Å². The van der Waals surface area contributed by atoms with E-state index >= 15 is 0 Å². The van der Waals surface area contributed by atoms with Crippen LogP contribution in [0, 0.1) is 6.92 Å². The smallest absolute Gasteiger partial charge is 0.339 e. The third-order valence-corrected chi connectivity index (χ3v) is 2.27. The first kappa shape index (κ1) is 10.6. The second-order valence-electron chi connectivity index (χ2n) is 3.20. The van der Waals surface area contributed by atoms with Crippen LogP contribution in [0.15, 0.2) is 24.4 Å². The third-order valence-electron chi connectivity index (χ3n) is 2.06.